The molecule has 2 aliphatic rings. The van der Waals surface area contributed by atoms with Crippen LogP contribution in [0.15, 0.2) is 30.6 Å². The Morgan fingerprint density at radius 1 is 1.14 bits per heavy atom. The number of halogens is 2. The molecule has 1 aliphatic heterocycles. The van der Waals surface area contributed by atoms with E-state index < -0.39 is 0 Å². The van der Waals surface area contributed by atoms with Gasteiger partial charge in [-0.1, -0.05) is 35.7 Å². The van der Waals surface area contributed by atoms with E-state index in [1.807, 2.05) is 37.5 Å². The summed E-state index contributed by atoms with van der Waals surface area (Å²) in [5, 5.41) is 1.08. The van der Waals surface area contributed by atoms with E-state index in [0.717, 1.165) is 54.3 Å². The van der Waals surface area contributed by atoms with Gasteiger partial charge in [0.2, 0.25) is 5.95 Å². The average molecular weight is 430 g/mol. The molecule has 0 amide bonds. The zero-order valence-electron chi connectivity index (χ0n) is 16.5. The summed E-state index contributed by atoms with van der Waals surface area (Å²) in [6.07, 6.45) is 9.80. The van der Waals surface area contributed by atoms with Crippen LogP contribution in [0.25, 0.3) is 16.8 Å². The Morgan fingerprint density at radius 3 is 2.62 bits per heavy atom. The van der Waals surface area contributed by atoms with Crippen molar-refractivity contribution >= 4 is 34.8 Å². The number of rotatable bonds is 2. The van der Waals surface area contributed by atoms with Crippen LogP contribution in [0, 0.1) is 12.3 Å². The molecule has 5 rings (SSSR count). The fraction of sp³-hybridized carbons (Fsp3) is 0.455. The van der Waals surface area contributed by atoms with E-state index in [0.29, 0.717) is 21.5 Å². The SMILES string of the molecule is Cc1nc(N2CCC3(CCC[C@H]3N)CC2)n2ccnc2c1-c1ccc(Cl)c(Cl)c1. The quantitative estimate of drug-likeness (QED) is 0.614. The first-order valence-corrected chi connectivity index (χ1v) is 11.0. The Hall–Kier alpha value is -1.82. The van der Waals surface area contributed by atoms with Crippen molar-refractivity contribution in [1.82, 2.24) is 14.4 Å². The maximum Gasteiger partial charge on any atom is 0.211 e. The Bertz CT molecular complexity index is 1070. The molecule has 0 unspecified atom stereocenters. The van der Waals surface area contributed by atoms with Gasteiger partial charge in [0.1, 0.15) is 5.65 Å². The minimum absolute atomic E-state index is 0.333. The van der Waals surface area contributed by atoms with E-state index in [1.165, 1.54) is 19.3 Å². The van der Waals surface area contributed by atoms with Gasteiger partial charge in [-0.25, -0.2) is 9.97 Å². The Kier molecular flexibility index (Phi) is 4.72. The fourth-order valence-electron chi connectivity index (χ4n) is 5.22. The molecule has 2 N–H and O–H groups in total. The predicted octanol–water partition coefficient (Wildman–Crippen LogP) is 5.11. The zero-order chi connectivity index (χ0) is 20.2. The third-order valence-corrected chi connectivity index (χ3v) is 7.68. The molecular formula is C22H25Cl2N5. The molecule has 0 bridgehead atoms. The van der Waals surface area contributed by atoms with Crippen molar-refractivity contribution in [3.8, 4) is 11.1 Å². The van der Waals surface area contributed by atoms with Crippen molar-refractivity contribution in [3.63, 3.8) is 0 Å². The molecule has 1 spiro atoms. The lowest BCUT2D eigenvalue weighted by atomic mass is 9.74. The highest BCUT2D eigenvalue weighted by atomic mass is 35.5. The number of hydrogen-bond acceptors (Lipinski definition) is 4. The summed E-state index contributed by atoms with van der Waals surface area (Å²) in [4.78, 5) is 12.0. The third-order valence-electron chi connectivity index (χ3n) is 6.94. The van der Waals surface area contributed by atoms with Gasteiger partial charge in [0.25, 0.3) is 0 Å². The van der Waals surface area contributed by atoms with Crippen LogP contribution in [0.4, 0.5) is 5.95 Å². The van der Waals surface area contributed by atoms with Gasteiger partial charge in [-0.05, 0) is 55.7 Å². The van der Waals surface area contributed by atoms with Crippen molar-refractivity contribution in [1.29, 1.82) is 0 Å². The molecule has 1 aromatic carbocycles. The number of aryl methyl sites for hydroxylation is 1. The second-order valence-corrected chi connectivity index (χ2v) is 9.28. The summed E-state index contributed by atoms with van der Waals surface area (Å²) >= 11 is 12.4. The number of benzene rings is 1. The molecule has 3 aromatic rings. The average Bonchev–Trinajstić information content (AvgIpc) is 3.32. The number of anilines is 1. The van der Waals surface area contributed by atoms with E-state index in [4.69, 9.17) is 33.9 Å². The summed E-state index contributed by atoms with van der Waals surface area (Å²) in [6, 6.07) is 6.03. The van der Waals surface area contributed by atoms with Gasteiger partial charge in [-0.15, -0.1) is 0 Å². The van der Waals surface area contributed by atoms with Gasteiger partial charge in [-0.3, -0.25) is 4.40 Å². The molecular weight excluding hydrogens is 405 g/mol. The monoisotopic (exact) mass is 429 g/mol. The molecule has 2 fully saturated rings. The minimum atomic E-state index is 0.333. The molecule has 1 aliphatic carbocycles. The molecule has 2 aromatic heterocycles. The van der Waals surface area contributed by atoms with Crippen LogP contribution in [-0.2, 0) is 0 Å². The van der Waals surface area contributed by atoms with Crippen molar-refractivity contribution in [2.24, 2.45) is 11.1 Å². The van der Waals surface area contributed by atoms with Crippen LogP contribution in [0.3, 0.4) is 0 Å². The van der Waals surface area contributed by atoms with E-state index in [9.17, 15) is 0 Å². The Labute approximate surface area is 180 Å². The third kappa shape index (κ3) is 3.11. The largest absolute Gasteiger partial charge is 0.342 e. The second kappa shape index (κ2) is 7.15. The van der Waals surface area contributed by atoms with Crippen LogP contribution in [0.1, 0.15) is 37.8 Å². The summed E-state index contributed by atoms with van der Waals surface area (Å²) in [6.45, 7) is 4.01. The van der Waals surface area contributed by atoms with Crippen molar-refractivity contribution in [2.75, 3.05) is 18.0 Å². The standard InChI is InChI=1S/C22H25Cl2N5/c1-14-19(15-4-5-16(23)17(24)13-15)20-26-9-12-29(20)21(27-14)28-10-7-22(8-11-28)6-2-3-18(22)25/h4-5,9,12-13,18H,2-3,6-8,10-11,25H2,1H3/t18-/m1/s1. The Morgan fingerprint density at radius 2 is 1.93 bits per heavy atom. The van der Waals surface area contributed by atoms with Crippen molar-refractivity contribution < 1.29 is 0 Å². The number of nitrogens with zero attached hydrogens (tertiary/aromatic N) is 4. The van der Waals surface area contributed by atoms with Gasteiger partial charge in [0.05, 0.1) is 15.7 Å². The molecule has 152 valence electrons. The van der Waals surface area contributed by atoms with E-state index in [-0.39, 0.29) is 0 Å². The fourth-order valence-corrected chi connectivity index (χ4v) is 5.52. The molecule has 1 saturated heterocycles. The predicted molar refractivity (Wildman–Crippen MR) is 119 cm³/mol. The summed E-state index contributed by atoms with van der Waals surface area (Å²) < 4.78 is 2.09. The highest BCUT2D eigenvalue weighted by Crippen LogP contribution is 2.46. The number of piperidine rings is 1. The highest BCUT2D eigenvalue weighted by Gasteiger charge is 2.43. The number of aromatic nitrogens is 3. The van der Waals surface area contributed by atoms with Gasteiger partial charge in [-0.2, -0.15) is 0 Å². The molecule has 29 heavy (non-hydrogen) atoms. The Balaban J connectivity index is 1.52. The minimum Gasteiger partial charge on any atom is -0.342 e. The maximum absolute atomic E-state index is 6.46. The first kappa shape index (κ1) is 19.2. The van der Waals surface area contributed by atoms with Gasteiger partial charge >= 0.3 is 0 Å². The molecule has 3 heterocycles. The van der Waals surface area contributed by atoms with Gasteiger partial charge in [0, 0.05) is 37.1 Å². The van der Waals surface area contributed by atoms with Gasteiger partial charge in [0.15, 0.2) is 0 Å². The zero-order valence-corrected chi connectivity index (χ0v) is 18.0. The van der Waals surface area contributed by atoms with Crippen LogP contribution >= 0.6 is 23.2 Å². The normalized spacial score (nSPS) is 21.4. The van der Waals surface area contributed by atoms with Crippen molar-refractivity contribution in [2.45, 2.75) is 45.1 Å². The molecule has 1 atom stereocenters. The van der Waals surface area contributed by atoms with Crippen molar-refractivity contribution in [3.05, 3.63) is 46.3 Å². The van der Waals surface area contributed by atoms with Crippen LogP contribution in [0.5, 0.6) is 0 Å². The van der Waals surface area contributed by atoms with Crippen LogP contribution < -0.4 is 10.6 Å². The van der Waals surface area contributed by atoms with Gasteiger partial charge < -0.3 is 10.6 Å². The first-order chi connectivity index (χ1) is 14.0. The smallest absolute Gasteiger partial charge is 0.211 e. The highest BCUT2D eigenvalue weighted by molar-refractivity contribution is 6.42. The lowest BCUT2D eigenvalue weighted by Gasteiger charge is -2.42. The first-order valence-electron chi connectivity index (χ1n) is 10.3. The van der Waals surface area contributed by atoms with Crippen LogP contribution in [-0.4, -0.2) is 33.5 Å². The molecule has 0 radical (unpaired) electrons. The topological polar surface area (TPSA) is 59.5 Å². The number of nitrogens with two attached hydrogens (primary N) is 1. The summed E-state index contributed by atoms with van der Waals surface area (Å²) in [5.41, 5.74) is 10.6. The molecule has 7 heteroatoms. The lowest BCUT2D eigenvalue weighted by molar-refractivity contribution is 0.197. The second-order valence-electron chi connectivity index (χ2n) is 8.47. The van der Waals surface area contributed by atoms with E-state index in [1.54, 1.807) is 0 Å². The molecule has 5 nitrogen and oxygen atoms in total. The number of imidazole rings is 1. The maximum atomic E-state index is 6.46. The lowest BCUT2D eigenvalue weighted by Crippen LogP contribution is -2.47. The van der Waals surface area contributed by atoms with E-state index in [2.05, 4.69) is 14.3 Å². The number of hydrogen-bond donors (Lipinski definition) is 1. The van der Waals surface area contributed by atoms with E-state index >= 15 is 0 Å². The molecule has 1 saturated carbocycles. The number of fused-ring (bicyclic) bond motifs is 1. The summed E-state index contributed by atoms with van der Waals surface area (Å²) in [7, 11) is 0. The van der Waals surface area contributed by atoms with Crippen LogP contribution in [0.2, 0.25) is 10.0 Å². The summed E-state index contributed by atoms with van der Waals surface area (Å²) in [5.74, 6) is 0.959.